The molecule has 0 atom stereocenters. The van der Waals surface area contributed by atoms with Crippen LogP contribution in [0, 0.1) is 6.92 Å². The zero-order valence-electron chi connectivity index (χ0n) is 14.8. The van der Waals surface area contributed by atoms with E-state index in [0.717, 1.165) is 11.1 Å². The number of ether oxygens (including phenoxy) is 1. The van der Waals surface area contributed by atoms with Crippen molar-refractivity contribution in [3.8, 4) is 0 Å². The van der Waals surface area contributed by atoms with Gasteiger partial charge in [0.15, 0.2) is 0 Å². The Hall–Kier alpha value is -3.48. The topological polar surface area (TPSA) is 89.8 Å². The van der Waals surface area contributed by atoms with Gasteiger partial charge in [-0.2, -0.15) is 0 Å². The average Bonchev–Trinajstić information content (AvgIpc) is 2.66. The van der Waals surface area contributed by atoms with Gasteiger partial charge in [0.05, 0.1) is 12.1 Å². The zero-order valence-corrected chi connectivity index (χ0v) is 14.8. The molecule has 0 aliphatic heterocycles. The lowest BCUT2D eigenvalue weighted by Crippen LogP contribution is -2.31. The van der Waals surface area contributed by atoms with Crippen molar-refractivity contribution in [3.05, 3.63) is 81.9 Å². The molecule has 1 aromatic carbocycles. The number of carbonyl (C=O) groups excluding carboxylic acids is 2. The van der Waals surface area contributed by atoms with Gasteiger partial charge in [-0.1, -0.05) is 36.4 Å². The Morgan fingerprint density at radius 2 is 1.93 bits per heavy atom. The summed E-state index contributed by atoms with van der Waals surface area (Å²) < 4.78 is 6.53. The molecule has 0 radical (unpaired) electrons. The van der Waals surface area contributed by atoms with Gasteiger partial charge in [0.2, 0.25) is 5.91 Å². The minimum absolute atomic E-state index is 0.132. The number of nitrogens with zero attached hydrogens (tertiary/aromatic N) is 2. The van der Waals surface area contributed by atoms with Crippen molar-refractivity contribution in [2.45, 2.75) is 20.0 Å². The zero-order chi connectivity index (χ0) is 19.2. The van der Waals surface area contributed by atoms with Gasteiger partial charge >= 0.3 is 5.97 Å². The van der Waals surface area contributed by atoms with E-state index in [4.69, 9.17) is 4.74 Å². The summed E-state index contributed by atoms with van der Waals surface area (Å²) in [6, 6.07) is 14.1. The first-order valence-corrected chi connectivity index (χ1v) is 8.46. The van der Waals surface area contributed by atoms with Crippen LogP contribution in [0.3, 0.4) is 0 Å². The molecular weight excluding hydrogens is 346 g/mol. The maximum absolute atomic E-state index is 12.1. The fourth-order valence-electron chi connectivity index (χ4n) is 2.55. The molecule has 0 saturated heterocycles. The number of fused-ring (bicyclic) bond motifs is 1. The molecular formula is C20H19N3O4. The second kappa shape index (κ2) is 8.27. The Morgan fingerprint density at radius 1 is 1.15 bits per heavy atom. The average molecular weight is 365 g/mol. The van der Waals surface area contributed by atoms with Gasteiger partial charge in [0.1, 0.15) is 18.8 Å². The first-order valence-electron chi connectivity index (χ1n) is 8.46. The first kappa shape index (κ1) is 18.3. The van der Waals surface area contributed by atoms with Crippen molar-refractivity contribution in [1.82, 2.24) is 14.7 Å². The highest BCUT2D eigenvalue weighted by Crippen LogP contribution is 2.03. The summed E-state index contributed by atoms with van der Waals surface area (Å²) in [7, 11) is 0. The van der Waals surface area contributed by atoms with Crippen molar-refractivity contribution < 1.29 is 14.3 Å². The number of amides is 1. The third-order valence-electron chi connectivity index (χ3n) is 3.88. The summed E-state index contributed by atoms with van der Waals surface area (Å²) in [5.74, 6) is -0.863. The minimum atomic E-state index is -0.595. The van der Waals surface area contributed by atoms with Gasteiger partial charge in [-0.15, -0.1) is 0 Å². The van der Waals surface area contributed by atoms with Crippen LogP contribution in [0.4, 0.5) is 0 Å². The highest BCUT2D eigenvalue weighted by molar-refractivity contribution is 5.83. The van der Waals surface area contributed by atoms with Crippen LogP contribution in [0.15, 0.2) is 59.5 Å². The van der Waals surface area contributed by atoms with Gasteiger partial charge in [-0.3, -0.25) is 18.8 Å². The van der Waals surface area contributed by atoms with Crippen molar-refractivity contribution >= 4 is 17.5 Å². The predicted molar refractivity (Wildman–Crippen MR) is 99.2 cm³/mol. The number of rotatable bonds is 6. The number of aromatic nitrogens is 2. The van der Waals surface area contributed by atoms with Gasteiger partial charge in [-0.05, 0) is 24.1 Å². The second-order valence-corrected chi connectivity index (χ2v) is 6.12. The van der Waals surface area contributed by atoms with E-state index in [1.807, 2.05) is 43.3 Å². The van der Waals surface area contributed by atoms with E-state index >= 15 is 0 Å². The molecule has 1 N–H and O–H groups in total. The van der Waals surface area contributed by atoms with Crippen molar-refractivity contribution in [2.24, 2.45) is 0 Å². The lowest BCUT2D eigenvalue weighted by molar-refractivity contribution is -0.145. The minimum Gasteiger partial charge on any atom is -0.458 e. The molecule has 0 saturated carbocycles. The standard InChI is InChI=1S/C20H19N3O4/c1-14-7-8-17-22-16(10-19(25)23(17)12-14)13-27-20(26)11-21-18(24)9-15-5-3-2-4-6-15/h2-8,10,12H,9,11,13H2,1H3,(H,21,24). The van der Waals surface area contributed by atoms with Gasteiger partial charge in [-0.25, -0.2) is 4.98 Å². The van der Waals surface area contributed by atoms with Gasteiger partial charge in [0.25, 0.3) is 5.56 Å². The van der Waals surface area contributed by atoms with Crippen LogP contribution in [0.25, 0.3) is 5.65 Å². The van der Waals surface area contributed by atoms with E-state index in [1.54, 1.807) is 12.3 Å². The van der Waals surface area contributed by atoms with Crippen LogP contribution in [-0.4, -0.2) is 27.8 Å². The SMILES string of the molecule is Cc1ccc2nc(COC(=O)CNC(=O)Cc3ccccc3)cc(=O)n2c1. The largest absolute Gasteiger partial charge is 0.458 e. The Bertz CT molecular complexity index is 1030. The maximum atomic E-state index is 12.1. The molecule has 2 aromatic heterocycles. The number of pyridine rings is 1. The number of aryl methyl sites for hydroxylation is 1. The third-order valence-corrected chi connectivity index (χ3v) is 3.88. The highest BCUT2D eigenvalue weighted by atomic mass is 16.5. The number of esters is 1. The molecule has 138 valence electrons. The van der Waals surface area contributed by atoms with E-state index in [9.17, 15) is 14.4 Å². The number of benzene rings is 1. The molecule has 27 heavy (non-hydrogen) atoms. The molecule has 7 nitrogen and oxygen atoms in total. The second-order valence-electron chi connectivity index (χ2n) is 6.12. The van der Waals surface area contributed by atoms with E-state index in [0.29, 0.717) is 11.3 Å². The molecule has 0 unspecified atom stereocenters. The predicted octanol–water partition coefficient (Wildman–Crippen LogP) is 1.41. The van der Waals surface area contributed by atoms with Crippen LogP contribution >= 0.6 is 0 Å². The van der Waals surface area contributed by atoms with Crippen molar-refractivity contribution in [3.63, 3.8) is 0 Å². The van der Waals surface area contributed by atoms with E-state index in [1.165, 1.54) is 10.5 Å². The molecule has 3 rings (SSSR count). The summed E-state index contributed by atoms with van der Waals surface area (Å²) in [4.78, 5) is 40.1. The lowest BCUT2D eigenvalue weighted by Gasteiger charge is -2.08. The molecule has 7 heteroatoms. The molecule has 1 amide bonds. The van der Waals surface area contributed by atoms with Crippen LogP contribution < -0.4 is 10.9 Å². The quantitative estimate of drug-likeness (QED) is 0.667. The summed E-state index contributed by atoms with van der Waals surface area (Å²) in [5.41, 5.74) is 2.39. The smallest absolute Gasteiger partial charge is 0.325 e. The Labute approximate surface area is 155 Å². The van der Waals surface area contributed by atoms with Crippen LogP contribution in [0.5, 0.6) is 0 Å². The number of hydrogen-bond donors (Lipinski definition) is 1. The van der Waals surface area contributed by atoms with Crippen LogP contribution in [0.1, 0.15) is 16.8 Å². The molecule has 0 fully saturated rings. The Morgan fingerprint density at radius 3 is 2.70 bits per heavy atom. The third kappa shape index (κ3) is 5.01. The molecule has 0 bridgehead atoms. The van der Waals surface area contributed by atoms with Gasteiger partial charge < -0.3 is 10.1 Å². The molecule has 3 aromatic rings. The van der Waals surface area contributed by atoms with Crippen LogP contribution in [0.2, 0.25) is 0 Å². The summed E-state index contributed by atoms with van der Waals surface area (Å²) in [6.45, 7) is 1.51. The summed E-state index contributed by atoms with van der Waals surface area (Å²) >= 11 is 0. The normalized spacial score (nSPS) is 10.6. The number of carbonyl (C=O) groups is 2. The number of nitrogens with one attached hydrogen (secondary N) is 1. The van der Waals surface area contributed by atoms with Gasteiger partial charge in [0, 0.05) is 12.3 Å². The molecule has 0 aliphatic carbocycles. The number of hydrogen-bond acceptors (Lipinski definition) is 5. The van der Waals surface area contributed by atoms with E-state index < -0.39 is 5.97 Å². The fourth-order valence-corrected chi connectivity index (χ4v) is 2.55. The van der Waals surface area contributed by atoms with Crippen molar-refractivity contribution in [1.29, 1.82) is 0 Å². The van der Waals surface area contributed by atoms with Crippen molar-refractivity contribution in [2.75, 3.05) is 6.54 Å². The molecule has 0 aliphatic rings. The van der Waals surface area contributed by atoms with Crippen LogP contribution in [-0.2, 0) is 27.4 Å². The Kier molecular flexibility index (Phi) is 5.61. The highest BCUT2D eigenvalue weighted by Gasteiger charge is 2.09. The first-order chi connectivity index (χ1) is 13.0. The molecule has 0 spiro atoms. The monoisotopic (exact) mass is 365 g/mol. The van der Waals surface area contributed by atoms with E-state index in [-0.39, 0.29) is 31.0 Å². The fraction of sp³-hybridized carbons (Fsp3) is 0.200. The summed E-state index contributed by atoms with van der Waals surface area (Å²) in [6.07, 6.45) is 1.89. The van der Waals surface area contributed by atoms with E-state index in [2.05, 4.69) is 10.3 Å². The molecule has 2 heterocycles. The maximum Gasteiger partial charge on any atom is 0.325 e. The summed E-state index contributed by atoms with van der Waals surface area (Å²) in [5, 5.41) is 2.51. The lowest BCUT2D eigenvalue weighted by atomic mass is 10.1. The Balaban J connectivity index is 1.52.